The van der Waals surface area contributed by atoms with E-state index >= 15 is 0 Å². The van der Waals surface area contributed by atoms with Crippen molar-refractivity contribution < 1.29 is 0 Å². The van der Waals surface area contributed by atoms with Crippen LogP contribution >= 0.6 is 11.6 Å². The molecule has 1 fully saturated rings. The fraction of sp³-hybridized carbons (Fsp3) is 0.261. The van der Waals surface area contributed by atoms with Crippen LogP contribution in [0.4, 0.5) is 11.4 Å². The number of halogens is 1. The Labute approximate surface area is 165 Å². The van der Waals surface area contributed by atoms with Crippen LogP contribution in [0.1, 0.15) is 24.0 Å². The van der Waals surface area contributed by atoms with E-state index < -0.39 is 0 Å². The van der Waals surface area contributed by atoms with Crippen molar-refractivity contribution >= 4 is 33.7 Å². The lowest BCUT2D eigenvalue weighted by atomic mass is 9.89. The zero-order valence-corrected chi connectivity index (χ0v) is 15.9. The number of fused-ring (bicyclic) bond motifs is 1. The maximum atomic E-state index is 9.03. The molecule has 3 aromatic rings. The maximum Gasteiger partial charge on any atom is 0.0991 e. The molecule has 0 radical (unpaired) electrons. The van der Waals surface area contributed by atoms with Crippen LogP contribution in [0.5, 0.6) is 0 Å². The first-order chi connectivity index (χ1) is 13.1. The van der Waals surface area contributed by atoms with E-state index in [9.17, 15) is 0 Å². The fourth-order valence-electron chi connectivity index (χ4n) is 3.98. The zero-order chi connectivity index (χ0) is 18.8. The number of piperidine rings is 1. The first-order valence-corrected chi connectivity index (χ1v) is 9.73. The first kappa shape index (κ1) is 17.7. The summed E-state index contributed by atoms with van der Waals surface area (Å²) in [5, 5.41) is 12.1. The van der Waals surface area contributed by atoms with E-state index in [2.05, 4.69) is 29.2 Å². The van der Waals surface area contributed by atoms with Gasteiger partial charge in [0.15, 0.2) is 0 Å². The smallest absolute Gasteiger partial charge is 0.0991 e. The predicted molar refractivity (Wildman–Crippen MR) is 113 cm³/mol. The van der Waals surface area contributed by atoms with Crippen molar-refractivity contribution in [2.75, 3.05) is 23.7 Å². The summed E-state index contributed by atoms with van der Waals surface area (Å²) in [5.74, 6) is 0.685. The normalized spacial score (nSPS) is 15.0. The Morgan fingerprint density at radius 3 is 2.48 bits per heavy atom. The van der Waals surface area contributed by atoms with Crippen molar-refractivity contribution in [2.45, 2.75) is 19.3 Å². The van der Waals surface area contributed by atoms with E-state index in [1.807, 2.05) is 36.4 Å². The van der Waals surface area contributed by atoms with E-state index in [0.29, 0.717) is 17.2 Å². The van der Waals surface area contributed by atoms with Gasteiger partial charge in [-0.15, -0.1) is 0 Å². The van der Waals surface area contributed by atoms with E-state index in [4.69, 9.17) is 22.6 Å². The Balaban J connectivity index is 1.41. The molecule has 27 heavy (non-hydrogen) atoms. The van der Waals surface area contributed by atoms with Crippen molar-refractivity contribution in [1.29, 1.82) is 5.26 Å². The molecule has 3 aromatic carbocycles. The molecule has 4 heteroatoms. The van der Waals surface area contributed by atoms with Gasteiger partial charge in [0.1, 0.15) is 0 Å². The molecule has 1 aliphatic heterocycles. The van der Waals surface area contributed by atoms with Gasteiger partial charge in [0.2, 0.25) is 0 Å². The summed E-state index contributed by atoms with van der Waals surface area (Å²) in [6, 6.07) is 20.5. The highest BCUT2D eigenvalue weighted by Gasteiger charge is 2.21. The molecule has 0 saturated carbocycles. The fourth-order valence-corrected chi connectivity index (χ4v) is 4.29. The van der Waals surface area contributed by atoms with Crippen LogP contribution < -0.4 is 10.6 Å². The van der Waals surface area contributed by atoms with Crippen molar-refractivity contribution in [2.24, 2.45) is 5.92 Å². The first-order valence-electron chi connectivity index (χ1n) is 9.35. The Bertz CT molecular complexity index is 1010. The van der Waals surface area contributed by atoms with Gasteiger partial charge in [0.05, 0.1) is 22.3 Å². The summed E-state index contributed by atoms with van der Waals surface area (Å²) in [7, 11) is 0. The number of nitrogen functional groups attached to an aromatic ring is 1. The number of benzene rings is 3. The van der Waals surface area contributed by atoms with Crippen molar-refractivity contribution in [3.8, 4) is 6.07 Å². The van der Waals surface area contributed by atoms with Crippen LogP contribution in [0.2, 0.25) is 5.02 Å². The molecule has 1 heterocycles. The molecule has 136 valence electrons. The van der Waals surface area contributed by atoms with Gasteiger partial charge in [0, 0.05) is 18.8 Å². The van der Waals surface area contributed by atoms with Gasteiger partial charge >= 0.3 is 0 Å². The second-order valence-electron chi connectivity index (χ2n) is 7.35. The topological polar surface area (TPSA) is 53.0 Å². The minimum absolute atomic E-state index is 0.685. The highest BCUT2D eigenvalue weighted by atomic mass is 35.5. The molecule has 0 atom stereocenters. The number of rotatable bonds is 3. The summed E-state index contributed by atoms with van der Waals surface area (Å²) < 4.78 is 0. The monoisotopic (exact) mass is 375 g/mol. The van der Waals surface area contributed by atoms with Crippen LogP contribution in [-0.4, -0.2) is 13.1 Å². The third-order valence-corrected chi connectivity index (χ3v) is 5.79. The lowest BCUT2D eigenvalue weighted by molar-refractivity contribution is 0.404. The van der Waals surface area contributed by atoms with Crippen LogP contribution in [-0.2, 0) is 6.42 Å². The van der Waals surface area contributed by atoms with Crippen LogP contribution in [0.25, 0.3) is 10.8 Å². The molecular weight excluding hydrogens is 354 g/mol. The van der Waals surface area contributed by atoms with Gasteiger partial charge in [0.25, 0.3) is 0 Å². The van der Waals surface area contributed by atoms with Gasteiger partial charge in [-0.25, -0.2) is 0 Å². The lowest BCUT2D eigenvalue weighted by Gasteiger charge is -2.34. The van der Waals surface area contributed by atoms with Gasteiger partial charge in [-0.3, -0.25) is 0 Å². The highest BCUT2D eigenvalue weighted by molar-refractivity contribution is 6.33. The average molecular weight is 376 g/mol. The molecule has 2 N–H and O–H groups in total. The quantitative estimate of drug-likeness (QED) is 0.623. The molecule has 4 rings (SSSR count). The predicted octanol–water partition coefficient (Wildman–Crippen LogP) is 5.41. The number of anilines is 2. The number of hydrogen-bond donors (Lipinski definition) is 1. The lowest BCUT2D eigenvalue weighted by Crippen LogP contribution is -2.34. The van der Waals surface area contributed by atoms with Crippen LogP contribution in [0.3, 0.4) is 0 Å². The van der Waals surface area contributed by atoms with Crippen LogP contribution in [0.15, 0.2) is 54.6 Å². The summed E-state index contributed by atoms with van der Waals surface area (Å²) in [5.41, 5.74) is 9.68. The van der Waals surface area contributed by atoms with Gasteiger partial charge in [-0.1, -0.05) is 35.9 Å². The second kappa shape index (κ2) is 7.50. The summed E-state index contributed by atoms with van der Waals surface area (Å²) in [6.45, 7) is 2.04. The molecule has 0 aliphatic carbocycles. The molecule has 1 saturated heterocycles. The van der Waals surface area contributed by atoms with Gasteiger partial charge in [-0.05, 0) is 71.8 Å². The Hall–Kier alpha value is -2.70. The highest BCUT2D eigenvalue weighted by Crippen LogP contribution is 2.32. The molecule has 0 aromatic heterocycles. The minimum Gasteiger partial charge on any atom is -0.399 e. The standard InChI is InChI=1S/C23H22ClN3/c24-22-14-21(26)5-6-23(22)27-9-7-16(8-10-27)11-17-1-3-20-13-18(15-25)2-4-19(20)12-17/h1-6,12-14,16H,7-11,26H2. The third kappa shape index (κ3) is 3.86. The number of nitrogens with zero attached hydrogens (tertiary/aromatic N) is 2. The van der Waals surface area contributed by atoms with Crippen molar-refractivity contribution in [3.63, 3.8) is 0 Å². The molecule has 0 unspecified atom stereocenters. The average Bonchev–Trinajstić information content (AvgIpc) is 2.68. The number of nitrogens with two attached hydrogens (primary N) is 1. The number of hydrogen-bond acceptors (Lipinski definition) is 3. The van der Waals surface area contributed by atoms with E-state index in [0.717, 1.165) is 48.4 Å². The van der Waals surface area contributed by atoms with E-state index in [-0.39, 0.29) is 0 Å². The molecule has 1 aliphatic rings. The molecule has 0 spiro atoms. The third-order valence-electron chi connectivity index (χ3n) is 5.49. The SMILES string of the molecule is N#Cc1ccc2cc(CC3CCN(c4ccc(N)cc4Cl)CC3)ccc2c1. The Kier molecular flexibility index (Phi) is 4.92. The summed E-state index contributed by atoms with van der Waals surface area (Å²) in [6.07, 6.45) is 3.41. The molecular formula is C23H22ClN3. The summed E-state index contributed by atoms with van der Waals surface area (Å²) >= 11 is 6.36. The largest absolute Gasteiger partial charge is 0.399 e. The van der Waals surface area contributed by atoms with Crippen molar-refractivity contribution in [1.82, 2.24) is 0 Å². The Morgan fingerprint density at radius 1 is 1.00 bits per heavy atom. The maximum absolute atomic E-state index is 9.03. The van der Waals surface area contributed by atoms with Gasteiger partial charge in [-0.2, -0.15) is 5.26 Å². The molecule has 0 bridgehead atoms. The number of nitriles is 1. The van der Waals surface area contributed by atoms with Crippen LogP contribution in [0, 0.1) is 17.2 Å². The molecule has 3 nitrogen and oxygen atoms in total. The minimum atomic E-state index is 0.685. The molecule has 0 amide bonds. The second-order valence-corrected chi connectivity index (χ2v) is 7.76. The van der Waals surface area contributed by atoms with Crippen molar-refractivity contribution in [3.05, 3.63) is 70.7 Å². The summed E-state index contributed by atoms with van der Waals surface area (Å²) in [4.78, 5) is 2.36. The zero-order valence-electron chi connectivity index (χ0n) is 15.2. The van der Waals surface area contributed by atoms with Gasteiger partial charge < -0.3 is 10.6 Å². The van der Waals surface area contributed by atoms with E-state index in [1.54, 1.807) is 0 Å². The van der Waals surface area contributed by atoms with E-state index in [1.165, 1.54) is 10.9 Å². The Morgan fingerprint density at radius 2 is 1.74 bits per heavy atom.